The molecule has 5 heteroatoms. The van der Waals surface area contributed by atoms with Crippen LogP contribution in [0.3, 0.4) is 0 Å². The highest BCUT2D eigenvalue weighted by Crippen LogP contribution is 2.38. The number of amides is 1. The van der Waals surface area contributed by atoms with E-state index in [-0.39, 0.29) is 22.8 Å². The molecule has 0 bridgehead atoms. The Morgan fingerprint density at radius 1 is 1.31 bits per heavy atom. The molecule has 5 nitrogen and oxygen atoms in total. The average Bonchev–Trinajstić information content (AvgIpc) is 2.28. The lowest BCUT2D eigenvalue weighted by Gasteiger charge is -2.11. The Morgan fingerprint density at radius 2 is 1.75 bits per heavy atom. The molecular formula is C11H13NO4. The van der Waals surface area contributed by atoms with Crippen molar-refractivity contribution in [3.8, 4) is 17.2 Å². The number of carbonyl (C=O) groups excluding carboxylic acids is 1. The van der Waals surface area contributed by atoms with Crippen LogP contribution in [0.15, 0.2) is 18.7 Å². The molecule has 1 amide bonds. The van der Waals surface area contributed by atoms with Gasteiger partial charge in [0.1, 0.15) is 0 Å². The zero-order chi connectivity index (χ0) is 12.3. The molecule has 0 heterocycles. The van der Waals surface area contributed by atoms with Crippen LogP contribution in [0.1, 0.15) is 5.56 Å². The van der Waals surface area contributed by atoms with E-state index < -0.39 is 5.91 Å². The van der Waals surface area contributed by atoms with Crippen molar-refractivity contribution >= 4 is 11.5 Å². The Balaban J connectivity index is 3.32. The molecule has 0 aliphatic carbocycles. The molecule has 0 spiro atoms. The second-order valence-corrected chi connectivity index (χ2v) is 3.07. The highest BCUT2D eigenvalue weighted by Gasteiger charge is 2.14. The molecule has 0 unspecified atom stereocenters. The van der Waals surface area contributed by atoms with Crippen LogP contribution in [0.4, 0.5) is 0 Å². The van der Waals surface area contributed by atoms with Crippen molar-refractivity contribution in [3.63, 3.8) is 0 Å². The lowest BCUT2D eigenvalue weighted by molar-refractivity contribution is -0.112. The van der Waals surface area contributed by atoms with Gasteiger partial charge in [0.2, 0.25) is 11.7 Å². The number of primary amides is 1. The maximum atomic E-state index is 11.0. The Bertz CT molecular complexity index is 415. The van der Waals surface area contributed by atoms with E-state index in [1.54, 1.807) is 0 Å². The number of hydrogen-bond donors (Lipinski definition) is 2. The van der Waals surface area contributed by atoms with E-state index in [0.717, 1.165) is 0 Å². The van der Waals surface area contributed by atoms with Crippen molar-refractivity contribution < 1.29 is 19.4 Å². The van der Waals surface area contributed by atoms with Crippen molar-refractivity contribution in [2.24, 2.45) is 5.73 Å². The first-order valence-corrected chi connectivity index (χ1v) is 4.45. The van der Waals surface area contributed by atoms with Gasteiger partial charge in [-0.15, -0.1) is 0 Å². The van der Waals surface area contributed by atoms with Crippen LogP contribution < -0.4 is 15.2 Å². The number of ether oxygens (including phenoxy) is 2. The van der Waals surface area contributed by atoms with Crippen LogP contribution in [0, 0.1) is 0 Å². The van der Waals surface area contributed by atoms with Gasteiger partial charge in [-0.1, -0.05) is 6.58 Å². The van der Waals surface area contributed by atoms with Crippen molar-refractivity contribution in [1.82, 2.24) is 0 Å². The molecule has 0 aliphatic heterocycles. The Labute approximate surface area is 93.1 Å². The number of carbonyl (C=O) groups is 1. The molecule has 3 N–H and O–H groups in total. The first-order valence-electron chi connectivity index (χ1n) is 4.45. The van der Waals surface area contributed by atoms with Crippen LogP contribution in [-0.4, -0.2) is 25.2 Å². The Kier molecular flexibility index (Phi) is 3.40. The third-order valence-corrected chi connectivity index (χ3v) is 2.13. The average molecular weight is 223 g/mol. The fourth-order valence-electron chi connectivity index (χ4n) is 1.21. The monoisotopic (exact) mass is 223 g/mol. The van der Waals surface area contributed by atoms with E-state index in [2.05, 4.69) is 6.58 Å². The second kappa shape index (κ2) is 4.57. The summed E-state index contributed by atoms with van der Waals surface area (Å²) in [5.41, 5.74) is 5.67. The Hall–Kier alpha value is -2.17. The van der Waals surface area contributed by atoms with Crippen LogP contribution in [0.5, 0.6) is 17.2 Å². The molecule has 0 saturated heterocycles. The molecule has 16 heavy (non-hydrogen) atoms. The molecular weight excluding hydrogens is 210 g/mol. The minimum atomic E-state index is -0.644. The van der Waals surface area contributed by atoms with Gasteiger partial charge in [0, 0.05) is 5.57 Å². The topological polar surface area (TPSA) is 81.8 Å². The molecule has 86 valence electrons. The maximum Gasteiger partial charge on any atom is 0.248 e. The number of rotatable bonds is 4. The van der Waals surface area contributed by atoms with Crippen LogP contribution >= 0.6 is 0 Å². The second-order valence-electron chi connectivity index (χ2n) is 3.07. The fraction of sp³-hybridized carbons (Fsp3) is 0.182. The maximum absolute atomic E-state index is 11.0. The normalized spacial score (nSPS) is 9.62. The number of phenolic OH excluding ortho intramolecular Hbond substituents is 1. The molecule has 0 radical (unpaired) electrons. The first-order chi connectivity index (χ1) is 7.51. The SMILES string of the molecule is C=C(C(N)=O)c1cc(OC)c(O)c(OC)c1. The molecule has 1 rings (SSSR count). The van der Waals surface area contributed by atoms with Gasteiger partial charge in [-0.2, -0.15) is 0 Å². The van der Waals surface area contributed by atoms with E-state index in [9.17, 15) is 9.90 Å². The van der Waals surface area contributed by atoms with Gasteiger partial charge in [-0.25, -0.2) is 0 Å². The van der Waals surface area contributed by atoms with Gasteiger partial charge >= 0.3 is 0 Å². The molecule has 1 aromatic rings. The van der Waals surface area contributed by atoms with Crippen LogP contribution in [0.25, 0.3) is 5.57 Å². The zero-order valence-corrected chi connectivity index (χ0v) is 9.11. The molecule has 1 aromatic carbocycles. The number of methoxy groups -OCH3 is 2. The number of hydrogen-bond acceptors (Lipinski definition) is 4. The quantitative estimate of drug-likeness (QED) is 0.743. The van der Waals surface area contributed by atoms with E-state index in [1.165, 1.54) is 26.4 Å². The largest absolute Gasteiger partial charge is 0.502 e. The number of phenols is 1. The Morgan fingerprint density at radius 3 is 2.06 bits per heavy atom. The molecule has 0 atom stereocenters. The third-order valence-electron chi connectivity index (χ3n) is 2.13. The fourth-order valence-corrected chi connectivity index (χ4v) is 1.21. The van der Waals surface area contributed by atoms with E-state index in [0.29, 0.717) is 5.56 Å². The lowest BCUT2D eigenvalue weighted by Crippen LogP contribution is -2.12. The molecule has 0 fully saturated rings. The van der Waals surface area contributed by atoms with E-state index >= 15 is 0 Å². The predicted octanol–water partition coefficient (Wildman–Crippen LogP) is 0.908. The van der Waals surface area contributed by atoms with Crippen LogP contribution in [-0.2, 0) is 4.79 Å². The van der Waals surface area contributed by atoms with Crippen molar-refractivity contribution in [1.29, 1.82) is 0 Å². The van der Waals surface area contributed by atoms with Crippen molar-refractivity contribution in [3.05, 3.63) is 24.3 Å². The number of nitrogens with two attached hydrogens (primary N) is 1. The van der Waals surface area contributed by atoms with Gasteiger partial charge in [-0.3, -0.25) is 4.79 Å². The lowest BCUT2D eigenvalue weighted by atomic mass is 10.1. The standard InChI is InChI=1S/C11H13NO4/c1-6(11(12)14)7-4-8(15-2)10(13)9(5-7)16-3/h4-5,13H,1H2,2-3H3,(H2,12,14). The summed E-state index contributed by atoms with van der Waals surface area (Å²) in [6.45, 7) is 3.54. The summed E-state index contributed by atoms with van der Waals surface area (Å²) >= 11 is 0. The van der Waals surface area contributed by atoms with Crippen LogP contribution in [0.2, 0.25) is 0 Å². The summed E-state index contributed by atoms with van der Waals surface area (Å²) in [7, 11) is 2.79. The molecule has 0 saturated carbocycles. The summed E-state index contributed by atoms with van der Waals surface area (Å²) in [6.07, 6.45) is 0. The molecule has 0 aliphatic rings. The summed E-state index contributed by atoms with van der Waals surface area (Å²) in [5.74, 6) is -0.394. The van der Waals surface area contributed by atoms with Gasteiger partial charge in [0.05, 0.1) is 14.2 Å². The number of aromatic hydroxyl groups is 1. The van der Waals surface area contributed by atoms with Gasteiger partial charge in [-0.05, 0) is 17.7 Å². The smallest absolute Gasteiger partial charge is 0.248 e. The summed E-state index contributed by atoms with van der Waals surface area (Å²) < 4.78 is 9.87. The van der Waals surface area contributed by atoms with E-state index in [1.807, 2.05) is 0 Å². The van der Waals surface area contributed by atoms with Gasteiger partial charge in [0.15, 0.2) is 11.5 Å². The van der Waals surface area contributed by atoms with Crippen molar-refractivity contribution in [2.45, 2.75) is 0 Å². The van der Waals surface area contributed by atoms with Gasteiger partial charge in [0.25, 0.3) is 0 Å². The summed E-state index contributed by atoms with van der Waals surface area (Å²) in [5, 5.41) is 9.64. The molecule has 0 aromatic heterocycles. The minimum Gasteiger partial charge on any atom is -0.502 e. The van der Waals surface area contributed by atoms with Crippen molar-refractivity contribution in [2.75, 3.05) is 14.2 Å². The third kappa shape index (κ3) is 2.08. The van der Waals surface area contributed by atoms with Gasteiger partial charge < -0.3 is 20.3 Å². The highest BCUT2D eigenvalue weighted by molar-refractivity contribution is 6.18. The number of benzene rings is 1. The summed E-state index contributed by atoms with van der Waals surface area (Å²) in [4.78, 5) is 11.0. The van der Waals surface area contributed by atoms with E-state index in [4.69, 9.17) is 15.2 Å². The zero-order valence-electron chi connectivity index (χ0n) is 9.11. The predicted molar refractivity (Wildman–Crippen MR) is 59.4 cm³/mol. The highest BCUT2D eigenvalue weighted by atomic mass is 16.5. The summed E-state index contributed by atoms with van der Waals surface area (Å²) in [6, 6.07) is 2.93. The first kappa shape index (κ1) is 11.9. The minimum absolute atomic E-state index is 0.122.